The van der Waals surface area contributed by atoms with E-state index in [-0.39, 0.29) is 33.8 Å². The summed E-state index contributed by atoms with van der Waals surface area (Å²) in [7, 11) is -2.97. The average molecular weight is 257 g/mol. The minimum Gasteiger partial charge on any atom is -0.743 e. The Morgan fingerprint density at radius 1 is 1.53 bits per heavy atom. The molecule has 1 rings (SSSR count). The first kappa shape index (κ1) is 15.1. The van der Waals surface area contributed by atoms with Crippen LogP contribution in [-0.2, 0) is 15.0 Å². The normalized spacial score (nSPS) is 12.1. The Morgan fingerprint density at radius 2 is 2.13 bits per heavy atom. The summed E-state index contributed by atoms with van der Waals surface area (Å²) in [6, 6.07) is 2.78. The summed E-state index contributed by atoms with van der Waals surface area (Å²) in [6.07, 6.45) is 0. The van der Waals surface area contributed by atoms with Gasteiger partial charge in [-0.1, -0.05) is 5.16 Å². The van der Waals surface area contributed by atoms with Crippen LogP contribution in [0.25, 0.3) is 0 Å². The van der Waals surface area contributed by atoms with E-state index < -0.39 is 10.1 Å². The van der Waals surface area contributed by atoms with Crippen LogP contribution in [0.1, 0.15) is 11.8 Å². The second kappa shape index (κ2) is 5.97. The number of rotatable bonds is 3. The molecule has 0 spiro atoms. The summed E-state index contributed by atoms with van der Waals surface area (Å²) >= 11 is 0.877. The van der Waals surface area contributed by atoms with Crippen LogP contribution < -0.4 is 29.6 Å². The third-order valence-corrected chi connectivity index (χ3v) is 3.89. The molecular weight excluding hydrogens is 249 g/mol. The quantitative estimate of drug-likeness (QED) is 0.272. The van der Waals surface area contributed by atoms with Crippen molar-refractivity contribution in [2.75, 3.05) is 7.11 Å². The molecule has 0 atom stereocenters. The Bertz CT molecular complexity index is 451. The molecule has 78 valence electrons. The van der Waals surface area contributed by atoms with Crippen molar-refractivity contribution in [3.05, 3.63) is 17.0 Å². The number of nitrogens with zero attached hydrogens (tertiary/aromatic N) is 1. The number of thiophene rings is 1. The van der Waals surface area contributed by atoms with Crippen molar-refractivity contribution in [3.8, 4) is 0 Å². The first-order valence-corrected chi connectivity index (χ1v) is 5.81. The van der Waals surface area contributed by atoms with Gasteiger partial charge in [-0.2, -0.15) is 0 Å². The van der Waals surface area contributed by atoms with E-state index in [9.17, 15) is 13.0 Å². The van der Waals surface area contributed by atoms with Crippen molar-refractivity contribution in [3.63, 3.8) is 0 Å². The van der Waals surface area contributed by atoms with Crippen molar-refractivity contribution in [2.24, 2.45) is 5.16 Å². The minimum absolute atomic E-state index is 0. The minimum atomic E-state index is -4.36. The van der Waals surface area contributed by atoms with Crippen molar-refractivity contribution in [1.29, 1.82) is 0 Å². The van der Waals surface area contributed by atoms with Crippen LogP contribution in [-0.4, -0.2) is 25.8 Å². The standard InChI is InChI=1S/C7H9NO4S2.Na/c1-5(8-12-2)6-3-4-7(13-6)14(9,10)11;/h3-4H,1-2H3,(H,9,10,11);/q;+1/p-1/b8-5-;. The van der Waals surface area contributed by atoms with Gasteiger partial charge in [0, 0.05) is 0 Å². The van der Waals surface area contributed by atoms with Crippen LogP contribution in [0.15, 0.2) is 21.5 Å². The molecule has 0 amide bonds. The Balaban J connectivity index is 0.00000196. The molecule has 1 aromatic rings. The van der Waals surface area contributed by atoms with Crippen LogP contribution in [0, 0.1) is 0 Å². The van der Waals surface area contributed by atoms with Gasteiger partial charge in [0.05, 0.1) is 10.6 Å². The van der Waals surface area contributed by atoms with Gasteiger partial charge in [0.15, 0.2) is 0 Å². The topological polar surface area (TPSA) is 78.8 Å². The average Bonchev–Trinajstić information content (AvgIpc) is 2.51. The predicted octanol–water partition coefficient (Wildman–Crippen LogP) is -1.97. The van der Waals surface area contributed by atoms with Crippen LogP contribution in [0.5, 0.6) is 0 Å². The summed E-state index contributed by atoms with van der Waals surface area (Å²) in [6.45, 7) is 1.66. The van der Waals surface area contributed by atoms with E-state index in [2.05, 4.69) is 9.99 Å². The molecule has 0 aromatic carbocycles. The first-order chi connectivity index (χ1) is 6.45. The smallest absolute Gasteiger partial charge is 0.743 e. The van der Waals surface area contributed by atoms with E-state index in [0.29, 0.717) is 10.6 Å². The van der Waals surface area contributed by atoms with Crippen molar-refractivity contribution >= 4 is 27.2 Å². The molecule has 0 aliphatic carbocycles. The van der Waals surface area contributed by atoms with Gasteiger partial charge in [-0.05, 0) is 19.1 Å². The zero-order chi connectivity index (χ0) is 10.8. The van der Waals surface area contributed by atoms with Gasteiger partial charge in [-0.3, -0.25) is 0 Å². The largest absolute Gasteiger partial charge is 1.00 e. The zero-order valence-corrected chi connectivity index (χ0v) is 12.2. The molecule has 0 bridgehead atoms. The number of hydrogen-bond acceptors (Lipinski definition) is 6. The van der Waals surface area contributed by atoms with Gasteiger partial charge in [0.2, 0.25) is 0 Å². The first-order valence-electron chi connectivity index (χ1n) is 3.59. The van der Waals surface area contributed by atoms with Gasteiger partial charge in [-0.15, -0.1) is 11.3 Å². The summed E-state index contributed by atoms with van der Waals surface area (Å²) in [4.78, 5) is 5.12. The van der Waals surface area contributed by atoms with E-state index in [1.807, 2.05) is 0 Å². The molecule has 0 unspecified atom stereocenters. The maximum absolute atomic E-state index is 10.6. The fourth-order valence-electron chi connectivity index (χ4n) is 0.831. The maximum Gasteiger partial charge on any atom is 1.00 e. The molecule has 0 aliphatic rings. The number of oxime groups is 1. The molecule has 0 N–H and O–H groups in total. The van der Waals surface area contributed by atoms with Gasteiger partial charge in [-0.25, -0.2) is 8.42 Å². The molecule has 8 heteroatoms. The molecule has 0 fully saturated rings. The SMILES string of the molecule is CO/N=C(/C)c1ccc(S(=O)(=O)[O-])s1.[Na+]. The van der Waals surface area contributed by atoms with Crippen molar-refractivity contribution in [1.82, 2.24) is 0 Å². The molecule has 15 heavy (non-hydrogen) atoms. The molecule has 0 saturated carbocycles. The summed E-state index contributed by atoms with van der Waals surface area (Å²) < 4.78 is 31.6. The Kier molecular flexibility index (Phi) is 6.01. The molecule has 1 aromatic heterocycles. The molecule has 1 heterocycles. The number of hydrogen-bond donors (Lipinski definition) is 0. The maximum atomic E-state index is 10.6. The fraction of sp³-hybridized carbons (Fsp3) is 0.286. The van der Waals surface area contributed by atoms with E-state index in [4.69, 9.17) is 0 Å². The van der Waals surface area contributed by atoms with E-state index >= 15 is 0 Å². The predicted molar refractivity (Wildman–Crippen MR) is 51.5 cm³/mol. The van der Waals surface area contributed by atoms with Gasteiger partial charge in [0.25, 0.3) is 0 Å². The molecule has 0 radical (unpaired) electrons. The van der Waals surface area contributed by atoms with Crippen molar-refractivity contribution in [2.45, 2.75) is 11.1 Å². The van der Waals surface area contributed by atoms with E-state index in [0.717, 1.165) is 11.3 Å². The monoisotopic (exact) mass is 257 g/mol. The Hall–Kier alpha value is 0.0800. The Labute approximate surface area is 114 Å². The summed E-state index contributed by atoms with van der Waals surface area (Å²) in [5, 5.41) is 3.62. The Morgan fingerprint density at radius 3 is 2.53 bits per heavy atom. The van der Waals surface area contributed by atoms with Crippen LogP contribution >= 0.6 is 11.3 Å². The fourth-order valence-corrected chi connectivity index (χ4v) is 2.42. The molecule has 0 aliphatic heterocycles. The second-order valence-electron chi connectivity index (χ2n) is 2.43. The summed E-state index contributed by atoms with van der Waals surface area (Å²) in [5.41, 5.74) is 0.535. The van der Waals surface area contributed by atoms with Gasteiger partial charge >= 0.3 is 29.6 Å². The zero-order valence-electron chi connectivity index (χ0n) is 8.55. The molecular formula is C7H8NNaO4S2. The van der Waals surface area contributed by atoms with Gasteiger partial charge in [0.1, 0.15) is 21.4 Å². The van der Waals surface area contributed by atoms with E-state index in [1.165, 1.54) is 19.2 Å². The third kappa shape index (κ3) is 4.21. The van der Waals surface area contributed by atoms with Crippen LogP contribution in [0.3, 0.4) is 0 Å². The van der Waals surface area contributed by atoms with Crippen LogP contribution in [0.2, 0.25) is 0 Å². The van der Waals surface area contributed by atoms with Gasteiger partial charge < -0.3 is 9.39 Å². The van der Waals surface area contributed by atoms with Crippen molar-refractivity contribution < 1.29 is 47.4 Å². The third-order valence-electron chi connectivity index (χ3n) is 1.41. The second-order valence-corrected chi connectivity index (χ2v) is 5.12. The molecule has 0 saturated heterocycles. The summed E-state index contributed by atoms with van der Waals surface area (Å²) in [5.74, 6) is 0. The molecule has 5 nitrogen and oxygen atoms in total. The van der Waals surface area contributed by atoms with E-state index in [1.54, 1.807) is 6.92 Å². The van der Waals surface area contributed by atoms with Crippen LogP contribution in [0.4, 0.5) is 0 Å².